The Balaban J connectivity index is 2.52. The summed E-state index contributed by atoms with van der Waals surface area (Å²) in [6.07, 6.45) is 0. The third-order valence-corrected chi connectivity index (χ3v) is 4.28. The first-order valence-corrected chi connectivity index (χ1v) is 7.43. The Morgan fingerprint density at radius 1 is 1.05 bits per heavy atom. The van der Waals surface area contributed by atoms with Crippen LogP contribution in [0.3, 0.4) is 0 Å². The van der Waals surface area contributed by atoms with Crippen LogP contribution in [-0.2, 0) is 0 Å². The molecule has 1 N–H and O–H groups in total. The molecule has 1 atom stereocenters. The van der Waals surface area contributed by atoms with E-state index in [1.807, 2.05) is 18.2 Å². The van der Waals surface area contributed by atoms with Gasteiger partial charge in [0.2, 0.25) is 0 Å². The summed E-state index contributed by atoms with van der Waals surface area (Å²) in [7, 11) is 1.79. The predicted molar refractivity (Wildman–Crippen MR) is 86.5 cm³/mol. The van der Waals surface area contributed by atoms with Crippen molar-refractivity contribution >= 4 is 45.8 Å². The van der Waals surface area contributed by atoms with E-state index in [1.54, 1.807) is 19.2 Å². The summed E-state index contributed by atoms with van der Waals surface area (Å²) in [6, 6.07) is 10.0. The molecule has 0 fully saturated rings. The first kappa shape index (κ1) is 15.0. The first-order valence-electron chi connectivity index (χ1n) is 5.60. The van der Waals surface area contributed by atoms with Gasteiger partial charge in [-0.25, -0.2) is 4.39 Å². The van der Waals surface area contributed by atoms with Gasteiger partial charge < -0.3 is 5.32 Å². The van der Waals surface area contributed by atoms with Gasteiger partial charge in [0.25, 0.3) is 0 Å². The minimum atomic E-state index is -0.331. The number of rotatable bonds is 3. The monoisotopic (exact) mass is 409 g/mol. The molecule has 0 aromatic heterocycles. The third kappa shape index (κ3) is 3.40. The van der Waals surface area contributed by atoms with Gasteiger partial charge in [0.1, 0.15) is 5.82 Å². The van der Waals surface area contributed by atoms with Crippen LogP contribution in [0.1, 0.15) is 17.2 Å². The molecule has 2 rings (SSSR count). The summed E-state index contributed by atoms with van der Waals surface area (Å²) in [5, 5.41) is 4.13. The fourth-order valence-corrected chi connectivity index (χ4v) is 2.94. The van der Waals surface area contributed by atoms with Crippen molar-refractivity contribution in [1.82, 2.24) is 5.32 Å². The Morgan fingerprint density at radius 3 is 2.32 bits per heavy atom. The minimum Gasteiger partial charge on any atom is -0.309 e. The maximum Gasteiger partial charge on any atom is 0.129 e. The highest BCUT2D eigenvalue weighted by molar-refractivity contribution is 14.1. The fraction of sp³-hybridized carbons (Fsp3) is 0.143. The van der Waals surface area contributed by atoms with Crippen LogP contribution in [0.2, 0.25) is 10.0 Å². The Kier molecular flexibility index (Phi) is 5.06. The molecular formula is C14H11Cl2FIN. The molecule has 2 aromatic rings. The van der Waals surface area contributed by atoms with E-state index < -0.39 is 0 Å². The van der Waals surface area contributed by atoms with Gasteiger partial charge in [0.15, 0.2) is 0 Å². The normalized spacial score (nSPS) is 12.5. The van der Waals surface area contributed by atoms with E-state index in [9.17, 15) is 4.39 Å². The molecule has 0 radical (unpaired) electrons. The van der Waals surface area contributed by atoms with Crippen molar-refractivity contribution in [3.05, 3.63) is 67.0 Å². The quantitative estimate of drug-likeness (QED) is 0.699. The lowest BCUT2D eigenvalue weighted by atomic mass is 9.98. The summed E-state index contributed by atoms with van der Waals surface area (Å²) in [5.41, 5.74) is 1.49. The van der Waals surface area contributed by atoms with Crippen molar-refractivity contribution in [2.75, 3.05) is 7.05 Å². The van der Waals surface area contributed by atoms with Crippen molar-refractivity contribution in [2.24, 2.45) is 0 Å². The van der Waals surface area contributed by atoms with Crippen LogP contribution in [-0.4, -0.2) is 7.05 Å². The van der Waals surface area contributed by atoms with Crippen molar-refractivity contribution in [3.63, 3.8) is 0 Å². The number of benzene rings is 2. The van der Waals surface area contributed by atoms with Gasteiger partial charge in [-0.3, -0.25) is 0 Å². The second-order valence-electron chi connectivity index (χ2n) is 4.05. The fourth-order valence-electron chi connectivity index (χ4n) is 1.95. The molecule has 0 saturated heterocycles. The average molecular weight is 410 g/mol. The largest absolute Gasteiger partial charge is 0.309 e. The Morgan fingerprint density at radius 2 is 1.68 bits per heavy atom. The molecule has 0 aliphatic rings. The molecule has 5 heteroatoms. The molecular weight excluding hydrogens is 399 g/mol. The maximum absolute atomic E-state index is 14.0. The summed E-state index contributed by atoms with van der Waals surface area (Å²) in [5.74, 6) is -0.331. The zero-order valence-electron chi connectivity index (χ0n) is 10.1. The summed E-state index contributed by atoms with van der Waals surface area (Å²) in [6.45, 7) is 0. The Hall–Kier alpha value is -0.360. The lowest BCUT2D eigenvalue weighted by Crippen LogP contribution is -2.20. The standard InChI is InChI=1S/C14H11Cl2FIN/c1-19-14(10-4-2-9(16)7-12(10)17)11-6-8(15)3-5-13(11)18/h2-7,14,19H,1H3. The molecule has 1 unspecified atom stereocenters. The highest BCUT2D eigenvalue weighted by atomic mass is 127. The molecule has 0 amide bonds. The summed E-state index contributed by atoms with van der Waals surface area (Å²) >= 11 is 14.0. The zero-order chi connectivity index (χ0) is 14.0. The van der Waals surface area contributed by atoms with E-state index in [2.05, 4.69) is 27.9 Å². The summed E-state index contributed by atoms with van der Waals surface area (Å²) in [4.78, 5) is 0. The van der Waals surface area contributed by atoms with E-state index >= 15 is 0 Å². The molecule has 19 heavy (non-hydrogen) atoms. The van der Waals surface area contributed by atoms with E-state index in [0.717, 1.165) is 9.13 Å². The van der Waals surface area contributed by atoms with E-state index in [1.165, 1.54) is 6.07 Å². The van der Waals surface area contributed by atoms with Crippen LogP contribution in [0.15, 0.2) is 36.4 Å². The number of hydrogen-bond acceptors (Lipinski definition) is 1. The summed E-state index contributed by atoms with van der Waals surface area (Å²) < 4.78 is 15.1. The van der Waals surface area contributed by atoms with E-state index in [0.29, 0.717) is 15.6 Å². The molecule has 0 saturated carbocycles. The van der Waals surface area contributed by atoms with Crippen LogP contribution in [0, 0.1) is 9.39 Å². The molecule has 2 aromatic carbocycles. The average Bonchev–Trinajstić information content (AvgIpc) is 2.36. The molecule has 0 aliphatic carbocycles. The van der Waals surface area contributed by atoms with Crippen LogP contribution in [0.5, 0.6) is 0 Å². The Labute approximate surface area is 135 Å². The lowest BCUT2D eigenvalue weighted by Gasteiger charge is -2.19. The van der Waals surface area contributed by atoms with Crippen LogP contribution < -0.4 is 5.32 Å². The van der Waals surface area contributed by atoms with Crippen molar-refractivity contribution in [1.29, 1.82) is 0 Å². The smallest absolute Gasteiger partial charge is 0.129 e. The third-order valence-electron chi connectivity index (χ3n) is 2.83. The van der Waals surface area contributed by atoms with Crippen LogP contribution >= 0.6 is 45.8 Å². The van der Waals surface area contributed by atoms with Gasteiger partial charge in [-0.1, -0.05) is 29.3 Å². The van der Waals surface area contributed by atoms with E-state index in [-0.39, 0.29) is 11.9 Å². The van der Waals surface area contributed by atoms with Gasteiger partial charge in [-0.05, 0) is 65.5 Å². The van der Waals surface area contributed by atoms with E-state index in [4.69, 9.17) is 23.2 Å². The molecule has 0 aliphatic heterocycles. The molecule has 0 spiro atoms. The van der Waals surface area contributed by atoms with Gasteiger partial charge in [-0.2, -0.15) is 0 Å². The SMILES string of the molecule is CNC(c1ccc(Cl)cc1F)c1cc(Cl)ccc1I. The van der Waals surface area contributed by atoms with Crippen molar-refractivity contribution in [3.8, 4) is 0 Å². The maximum atomic E-state index is 14.0. The molecule has 0 bridgehead atoms. The molecule has 0 heterocycles. The van der Waals surface area contributed by atoms with Crippen LogP contribution in [0.25, 0.3) is 0 Å². The highest BCUT2D eigenvalue weighted by Gasteiger charge is 2.19. The molecule has 100 valence electrons. The highest BCUT2D eigenvalue weighted by Crippen LogP contribution is 2.30. The number of halogens is 4. The van der Waals surface area contributed by atoms with Gasteiger partial charge in [0, 0.05) is 19.2 Å². The second-order valence-corrected chi connectivity index (χ2v) is 6.09. The van der Waals surface area contributed by atoms with Gasteiger partial charge in [0.05, 0.1) is 6.04 Å². The number of nitrogens with one attached hydrogen (secondary N) is 1. The number of hydrogen-bond donors (Lipinski definition) is 1. The topological polar surface area (TPSA) is 12.0 Å². The van der Waals surface area contributed by atoms with Crippen molar-refractivity contribution in [2.45, 2.75) is 6.04 Å². The second kappa shape index (κ2) is 6.39. The van der Waals surface area contributed by atoms with Crippen LogP contribution in [0.4, 0.5) is 4.39 Å². The lowest BCUT2D eigenvalue weighted by molar-refractivity contribution is 0.575. The van der Waals surface area contributed by atoms with Gasteiger partial charge in [-0.15, -0.1) is 0 Å². The van der Waals surface area contributed by atoms with Gasteiger partial charge >= 0.3 is 0 Å². The predicted octanol–water partition coefficient (Wildman–Crippen LogP) is 5.05. The minimum absolute atomic E-state index is 0.261. The first-order chi connectivity index (χ1) is 9.02. The Bertz CT molecular complexity index is 604. The van der Waals surface area contributed by atoms with Crippen molar-refractivity contribution < 1.29 is 4.39 Å². The zero-order valence-corrected chi connectivity index (χ0v) is 13.7. The molecule has 1 nitrogen and oxygen atoms in total.